The zero-order valence-corrected chi connectivity index (χ0v) is 11.4. The number of methoxy groups -OCH3 is 2. The molecule has 3 nitrogen and oxygen atoms in total. The van der Waals surface area contributed by atoms with Crippen molar-refractivity contribution >= 4 is 44.5 Å². The van der Waals surface area contributed by atoms with E-state index >= 15 is 0 Å². The van der Waals surface area contributed by atoms with Crippen molar-refractivity contribution in [3.63, 3.8) is 0 Å². The van der Waals surface area contributed by atoms with Crippen LogP contribution >= 0.6 is 38.5 Å². The first-order valence-corrected chi connectivity index (χ1v) is 5.58. The van der Waals surface area contributed by atoms with Gasteiger partial charge in [0, 0.05) is 3.57 Å². The number of benzene rings is 1. The lowest BCUT2D eigenvalue weighted by molar-refractivity contribution is 0.0599. The average Bonchev–Trinajstić information content (AvgIpc) is 2.19. The summed E-state index contributed by atoms with van der Waals surface area (Å²) in [6.07, 6.45) is 0. The van der Waals surface area contributed by atoms with Crippen LogP contribution < -0.4 is 4.74 Å². The fraction of sp³-hybridized carbons (Fsp3) is 0.222. The third-order valence-corrected chi connectivity index (χ3v) is 3.07. The highest BCUT2D eigenvalue weighted by molar-refractivity contribution is 14.1. The van der Waals surface area contributed by atoms with E-state index in [1.807, 2.05) is 6.07 Å². The molecule has 0 aliphatic rings. The molecule has 0 aliphatic heterocycles. The molecule has 0 saturated carbocycles. The van der Waals surface area contributed by atoms with Crippen molar-refractivity contribution in [1.29, 1.82) is 0 Å². The Hall–Kier alpha value is -0.300. The number of carbonyl (C=O) groups excluding carboxylic acids is 1. The van der Waals surface area contributed by atoms with Crippen LogP contribution in [0, 0.1) is 3.57 Å². The molecular weight excluding hydrogens is 363 g/mol. The molecule has 1 aromatic rings. The van der Waals surface area contributed by atoms with E-state index in [0.717, 1.165) is 3.57 Å². The molecule has 0 unspecified atom stereocenters. The van der Waals surface area contributed by atoms with Crippen LogP contribution in [-0.4, -0.2) is 20.2 Å². The Labute approximate surface area is 104 Å². The lowest BCUT2D eigenvalue weighted by Crippen LogP contribution is -2.03. The van der Waals surface area contributed by atoms with Gasteiger partial charge in [0.15, 0.2) is 0 Å². The van der Waals surface area contributed by atoms with Crippen LogP contribution in [0.2, 0.25) is 0 Å². The SMILES string of the molecule is COC(=O)c1cc(I)cc(OC)c1Br. The molecule has 0 bridgehead atoms. The molecule has 0 heterocycles. The minimum Gasteiger partial charge on any atom is -0.496 e. The molecular formula is C9H8BrIO3. The fourth-order valence-corrected chi connectivity index (χ4v) is 2.12. The van der Waals surface area contributed by atoms with Crippen molar-refractivity contribution in [2.24, 2.45) is 0 Å². The highest BCUT2D eigenvalue weighted by Gasteiger charge is 2.15. The number of halogens is 2. The second kappa shape index (κ2) is 4.97. The van der Waals surface area contributed by atoms with Crippen LogP contribution in [0.25, 0.3) is 0 Å². The van der Waals surface area contributed by atoms with Crippen LogP contribution in [0.5, 0.6) is 5.75 Å². The summed E-state index contributed by atoms with van der Waals surface area (Å²) in [5.74, 6) is 0.242. The number of ether oxygens (including phenoxy) is 2. The third-order valence-electron chi connectivity index (χ3n) is 1.63. The lowest BCUT2D eigenvalue weighted by atomic mass is 10.2. The number of rotatable bonds is 2. The molecule has 5 heteroatoms. The van der Waals surface area contributed by atoms with E-state index in [4.69, 9.17) is 4.74 Å². The Bertz CT molecular complexity index is 365. The van der Waals surface area contributed by atoms with E-state index in [0.29, 0.717) is 15.8 Å². The second-order valence-corrected chi connectivity index (χ2v) is 4.50. The molecule has 0 aliphatic carbocycles. The van der Waals surface area contributed by atoms with Gasteiger partial charge in [-0.15, -0.1) is 0 Å². The van der Waals surface area contributed by atoms with Gasteiger partial charge in [-0.25, -0.2) is 4.79 Å². The third kappa shape index (κ3) is 2.38. The molecule has 0 N–H and O–H groups in total. The predicted molar refractivity (Wildman–Crippen MR) is 64.8 cm³/mol. The number of carbonyl (C=O) groups is 1. The van der Waals surface area contributed by atoms with Crippen LogP contribution in [0.15, 0.2) is 16.6 Å². The fourth-order valence-electron chi connectivity index (χ4n) is 0.971. The van der Waals surface area contributed by atoms with Gasteiger partial charge in [-0.1, -0.05) is 0 Å². The Kier molecular flexibility index (Phi) is 4.18. The van der Waals surface area contributed by atoms with Crippen molar-refractivity contribution in [3.8, 4) is 5.75 Å². The Morgan fingerprint density at radius 2 is 2.07 bits per heavy atom. The summed E-state index contributed by atoms with van der Waals surface area (Å²) in [6, 6.07) is 3.57. The van der Waals surface area contributed by atoms with E-state index in [-0.39, 0.29) is 5.97 Å². The van der Waals surface area contributed by atoms with Gasteiger partial charge in [0.05, 0.1) is 24.3 Å². The normalized spacial score (nSPS) is 9.71. The molecule has 0 fully saturated rings. The molecule has 76 valence electrons. The molecule has 0 atom stereocenters. The maximum atomic E-state index is 11.3. The molecule has 14 heavy (non-hydrogen) atoms. The van der Waals surface area contributed by atoms with Crippen molar-refractivity contribution in [2.45, 2.75) is 0 Å². The first-order valence-electron chi connectivity index (χ1n) is 3.71. The minimum absolute atomic E-state index is 0.381. The molecule has 0 spiro atoms. The van der Waals surface area contributed by atoms with Crippen LogP contribution in [0.3, 0.4) is 0 Å². The summed E-state index contributed by atoms with van der Waals surface area (Å²) in [4.78, 5) is 11.3. The van der Waals surface area contributed by atoms with E-state index in [1.165, 1.54) is 7.11 Å². The van der Waals surface area contributed by atoms with Gasteiger partial charge in [0.1, 0.15) is 5.75 Å². The summed E-state index contributed by atoms with van der Waals surface area (Å²) in [7, 11) is 2.90. The minimum atomic E-state index is -0.381. The maximum absolute atomic E-state index is 11.3. The Balaban J connectivity index is 3.29. The summed E-state index contributed by atoms with van der Waals surface area (Å²) in [5.41, 5.74) is 0.469. The van der Waals surface area contributed by atoms with Gasteiger partial charge < -0.3 is 9.47 Å². The van der Waals surface area contributed by atoms with Gasteiger partial charge >= 0.3 is 5.97 Å². The average molecular weight is 371 g/mol. The summed E-state index contributed by atoms with van der Waals surface area (Å²) >= 11 is 5.40. The topological polar surface area (TPSA) is 35.5 Å². The molecule has 1 aromatic carbocycles. The Morgan fingerprint density at radius 3 is 2.57 bits per heavy atom. The van der Waals surface area contributed by atoms with Crippen LogP contribution in [0.1, 0.15) is 10.4 Å². The van der Waals surface area contributed by atoms with Gasteiger partial charge in [-0.05, 0) is 50.7 Å². The Morgan fingerprint density at radius 1 is 1.43 bits per heavy atom. The standard InChI is InChI=1S/C9H8BrIO3/c1-13-7-4-5(11)3-6(8(7)10)9(12)14-2/h3-4H,1-2H3. The first-order chi connectivity index (χ1) is 6.60. The van der Waals surface area contributed by atoms with Gasteiger partial charge in [-0.2, -0.15) is 0 Å². The van der Waals surface area contributed by atoms with Gasteiger partial charge in [0.2, 0.25) is 0 Å². The highest BCUT2D eigenvalue weighted by atomic mass is 127. The molecule has 0 amide bonds. The zero-order valence-electron chi connectivity index (χ0n) is 7.64. The predicted octanol–water partition coefficient (Wildman–Crippen LogP) is 2.85. The summed E-state index contributed by atoms with van der Waals surface area (Å²) in [6.45, 7) is 0. The van der Waals surface area contributed by atoms with E-state index in [1.54, 1.807) is 13.2 Å². The second-order valence-electron chi connectivity index (χ2n) is 2.46. The van der Waals surface area contributed by atoms with Crippen LogP contribution in [0.4, 0.5) is 0 Å². The largest absolute Gasteiger partial charge is 0.496 e. The zero-order chi connectivity index (χ0) is 10.7. The highest BCUT2D eigenvalue weighted by Crippen LogP contribution is 2.31. The van der Waals surface area contributed by atoms with E-state index in [9.17, 15) is 4.79 Å². The van der Waals surface area contributed by atoms with Gasteiger partial charge in [0.25, 0.3) is 0 Å². The summed E-state index contributed by atoms with van der Waals surface area (Å²) < 4.78 is 11.3. The van der Waals surface area contributed by atoms with Crippen molar-refractivity contribution < 1.29 is 14.3 Å². The van der Waals surface area contributed by atoms with Crippen molar-refractivity contribution in [1.82, 2.24) is 0 Å². The van der Waals surface area contributed by atoms with E-state index < -0.39 is 0 Å². The lowest BCUT2D eigenvalue weighted by Gasteiger charge is -2.08. The van der Waals surface area contributed by atoms with Crippen molar-refractivity contribution in [2.75, 3.05) is 14.2 Å². The molecule has 0 saturated heterocycles. The molecule has 0 aromatic heterocycles. The molecule has 1 rings (SSSR count). The van der Waals surface area contributed by atoms with Gasteiger partial charge in [-0.3, -0.25) is 0 Å². The number of hydrogen-bond donors (Lipinski definition) is 0. The van der Waals surface area contributed by atoms with Crippen LogP contribution in [-0.2, 0) is 4.74 Å². The van der Waals surface area contributed by atoms with Crippen molar-refractivity contribution in [3.05, 3.63) is 25.7 Å². The van der Waals surface area contributed by atoms with E-state index in [2.05, 4.69) is 43.3 Å². The number of esters is 1. The first kappa shape index (κ1) is 11.8. The molecule has 0 radical (unpaired) electrons. The quantitative estimate of drug-likeness (QED) is 0.593. The smallest absolute Gasteiger partial charge is 0.339 e. The summed E-state index contributed by atoms with van der Waals surface area (Å²) in [5, 5.41) is 0. The monoisotopic (exact) mass is 370 g/mol. The number of hydrogen-bond acceptors (Lipinski definition) is 3. The maximum Gasteiger partial charge on any atom is 0.339 e.